The molecule has 2 amide bonds. The van der Waals surface area contributed by atoms with E-state index in [0.717, 1.165) is 0 Å². The molecule has 120 valence electrons. The highest BCUT2D eigenvalue weighted by atomic mass is 35.5. The van der Waals surface area contributed by atoms with E-state index in [-0.39, 0.29) is 12.5 Å². The molecule has 0 atom stereocenters. The first-order valence-electron chi connectivity index (χ1n) is 6.76. The van der Waals surface area contributed by atoms with E-state index >= 15 is 0 Å². The number of nitrogens with one attached hydrogen (secondary N) is 2. The van der Waals surface area contributed by atoms with Crippen LogP contribution < -0.4 is 21.1 Å². The summed E-state index contributed by atoms with van der Waals surface area (Å²) < 4.78 is 5.16. The number of primary amides is 1. The lowest BCUT2D eigenvalue weighted by atomic mass is 10.2. The summed E-state index contributed by atoms with van der Waals surface area (Å²) in [5.41, 5.74) is 6.77. The Kier molecular flexibility index (Phi) is 5.43. The van der Waals surface area contributed by atoms with Gasteiger partial charge in [-0.3, -0.25) is 9.59 Å². The molecule has 23 heavy (non-hydrogen) atoms. The fourth-order valence-corrected chi connectivity index (χ4v) is 2.08. The lowest BCUT2D eigenvalue weighted by Gasteiger charge is -2.11. The maximum Gasteiger partial charge on any atom is 0.248 e. The van der Waals surface area contributed by atoms with E-state index in [1.165, 1.54) is 7.11 Å². The molecule has 0 saturated heterocycles. The molecule has 0 saturated carbocycles. The molecule has 0 aromatic heterocycles. The topological polar surface area (TPSA) is 93.4 Å². The number of methoxy groups -OCH3 is 1. The summed E-state index contributed by atoms with van der Waals surface area (Å²) in [6.45, 7) is 0.0472. The van der Waals surface area contributed by atoms with Gasteiger partial charge in [-0.15, -0.1) is 0 Å². The molecule has 4 N–H and O–H groups in total. The minimum absolute atomic E-state index is 0.0472. The molecule has 0 fully saturated rings. The number of rotatable bonds is 6. The van der Waals surface area contributed by atoms with E-state index in [0.29, 0.717) is 27.7 Å². The van der Waals surface area contributed by atoms with Gasteiger partial charge in [-0.2, -0.15) is 0 Å². The minimum Gasteiger partial charge on any atom is -0.495 e. The van der Waals surface area contributed by atoms with Gasteiger partial charge in [-0.05, 0) is 42.5 Å². The third-order valence-corrected chi connectivity index (χ3v) is 3.29. The van der Waals surface area contributed by atoms with Gasteiger partial charge in [0, 0.05) is 16.3 Å². The third kappa shape index (κ3) is 4.62. The molecular weight excluding hydrogens is 318 g/mol. The summed E-state index contributed by atoms with van der Waals surface area (Å²) in [5.74, 6) is -0.236. The normalized spacial score (nSPS) is 10.0. The van der Waals surface area contributed by atoms with Crippen molar-refractivity contribution in [3.63, 3.8) is 0 Å². The van der Waals surface area contributed by atoms with E-state index in [4.69, 9.17) is 22.1 Å². The van der Waals surface area contributed by atoms with Crippen molar-refractivity contribution in [3.8, 4) is 5.75 Å². The second-order valence-electron chi connectivity index (χ2n) is 4.69. The quantitative estimate of drug-likeness (QED) is 0.757. The van der Waals surface area contributed by atoms with E-state index < -0.39 is 5.91 Å². The van der Waals surface area contributed by atoms with Crippen LogP contribution in [0.1, 0.15) is 10.4 Å². The average Bonchev–Trinajstić information content (AvgIpc) is 2.53. The number of hydrogen-bond acceptors (Lipinski definition) is 4. The highest BCUT2D eigenvalue weighted by Gasteiger charge is 2.08. The van der Waals surface area contributed by atoms with Crippen LogP contribution in [0.15, 0.2) is 42.5 Å². The molecule has 0 aliphatic carbocycles. The summed E-state index contributed by atoms with van der Waals surface area (Å²) in [7, 11) is 1.51. The van der Waals surface area contributed by atoms with Crippen molar-refractivity contribution >= 4 is 34.8 Å². The van der Waals surface area contributed by atoms with Crippen LogP contribution in [-0.2, 0) is 4.79 Å². The van der Waals surface area contributed by atoms with Crippen molar-refractivity contribution in [2.45, 2.75) is 0 Å². The van der Waals surface area contributed by atoms with Crippen molar-refractivity contribution in [1.29, 1.82) is 0 Å². The molecule has 7 heteroatoms. The smallest absolute Gasteiger partial charge is 0.248 e. The fourth-order valence-electron chi connectivity index (χ4n) is 1.91. The van der Waals surface area contributed by atoms with Crippen molar-refractivity contribution < 1.29 is 14.3 Å². The number of anilines is 2. The van der Waals surface area contributed by atoms with Crippen molar-refractivity contribution in [3.05, 3.63) is 53.1 Å². The first kappa shape index (κ1) is 16.6. The van der Waals surface area contributed by atoms with Crippen LogP contribution in [0, 0.1) is 0 Å². The summed E-state index contributed by atoms with van der Waals surface area (Å²) in [6.07, 6.45) is 0. The minimum atomic E-state index is -0.498. The highest BCUT2D eigenvalue weighted by molar-refractivity contribution is 6.31. The number of carbonyl (C=O) groups excluding carboxylic acids is 2. The zero-order chi connectivity index (χ0) is 16.8. The first-order chi connectivity index (χ1) is 11.0. The summed E-state index contributed by atoms with van der Waals surface area (Å²) in [4.78, 5) is 23.0. The Hall–Kier alpha value is -2.73. The second kappa shape index (κ2) is 7.51. The predicted octanol–water partition coefficient (Wildman–Crippen LogP) is 2.50. The molecule has 6 nitrogen and oxygen atoms in total. The van der Waals surface area contributed by atoms with E-state index in [1.807, 2.05) is 0 Å². The molecule has 0 aliphatic heterocycles. The number of ether oxygens (including phenoxy) is 1. The maximum absolute atomic E-state index is 12.0. The van der Waals surface area contributed by atoms with Gasteiger partial charge in [0.05, 0.1) is 19.3 Å². The molecule has 0 heterocycles. The van der Waals surface area contributed by atoms with E-state index in [2.05, 4.69) is 10.6 Å². The molecule has 0 radical (unpaired) electrons. The Morgan fingerprint density at radius 2 is 1.87 bits per heavy atom. The number of benzene rings is 2. The standard InChI is InChI=1S/C16H16ClN3O3/c1-23-14-7-4-11(17)8-13(14)20-15(21)9-19-12-5-2-10(3-6-12)16(18)22/h2-8,19H,9H2,1H3,(H2,18,22)(H,20,21). The zero-order valence-corrected chi connectivity index (χ0v) is 13.2. The monoisotopic (exact) mass is 333 g/mol. The second-order valence-corrected chi connectivity index (χ2v) is 5.12. The molecule has 0 bridgehead atoms. The Morgan fingerprint density at radius 1 is 1.17 bits per heavy atom. The predicted molar refractivity (Wildman–Crippen MR) is 90.1 cm³/mol. The molecule has 0 unspecified atom stereocenters. The third-order valence-electron chi connectivity index (χ3n) is 3.06. The van der Waals surface area contributed by atoms with Gasteiger partial charge in [-0.1, -0.05) is 11.6 Å². The van der Waals surface area contributed by atoms with Crippen molar-refractivity contribution in [2.24, 2.45) is 5.73 Å². The van der Waals surface area contributed by atoms with Crippen LogP contribution in [-0.4, -0.2) is 25.5 Å². The van der Waals surface area contributed by atoms with E-state index in [9.17, 15) is 9.59 Å². The highest BCUT2D eigenvalue weighted by Crippen LogP contribution is 2.27. The first-order valence-corrected chi connectivity index (χ1v) is 7.14. The Balaban J connectivity index is 1.95. The van der Waals surface area contributed by atoms with Crippen LogP contribution in [0.3, 0.4) is 0 Å². The Morgan fingerprint density at radius 3 is 2.48 bits per heavy atom. The largest absolute Gasteiger partial charge is 0.495 e. The number of hydrogen-bond donors (Lipinski definition) is 3. The number of amides is 2. The molecule has 2 aromatic rings. The summed E-state index contributed by atoms with van der Waals surface area (Å²) in [5, 5.41) is 6.16. The average molecular weight is 334 g/mol. The Labute approximate surface area is 138 Å². The summed E-state index contributed by atoms with van der Waals surface area (Å²) in [6, 6.07) is 11.5. The van der Waals surface area contributed by atoms with Gasteiger partial charge < -0.3 is 21.1 Å². The number of carbonyl (C=O) groups is 2. The number of nitrogens with two attached hydrogens (primary N) is 1. The van der Waals surface area contributed by atoms with Gasteiger partial charge in [0.15, 0.2) is 0 Å². The number of halogens is 1. The molecule has 0 spiro atoms. The fraction of sp³-hybridized carbons (Fsp3) is 0.125. The van der Waals surface area contributed by atoms with Crippen LogP contribution >= 0.6 is 11.6 Å². The lowest BCUT2D eigenvalue weighted by Crippen LogP contribution is -2.22. The molecular formula is C16H16ClN3O3. The summed E-state index contributed by atoms with van der Waals surface area (Å²) >= 11 is 5.91. The van der Waals surface area contributed by atoms with Gasteiger partial charge in [-0.25, -0.2) is 0 Å². The molecule has 2 rings (SSSR count). The van der Waals surface area contributed by atoms with E-state index in [1.54, 1.807) is 42.5 Å². The van der Waals surface area contributed by atoms with Crippen LogP contribution in [0.5, 0.6) is 5.75 Å². The van der Waals surface area contributed by atoms with Crippen molar-refractivity contribution in [2.75, 3.05) is 24.3 Å². The van der Waals surface area contributed by atoms with Crippen LogP contribution in [0.2, 0.25) is 5.02 Å². The van der Waals surface area contributed by atoms with Gasteiger partial charge in [0.2, 0.25) is 11.8 Å². The maximum atomic E-state index is 12.0. The van der Waals surface area contributed by atoms with Crippen molar-refractivity contribution in [1.82, 2.24) is 0 Å². The van der Waals surface area contributed by atoms with Gasteiger partial charge in [0.1, 0.15) is 5.75 Å². The molecule has 0 aliphatic rings. The lowest BCUT2D eigenvalue weighted by molar-refractivity contribution is -0.114. The van der Waals surface area contributed by atoms with Gasteiger partial charge >= 0.3 is 0 Å². The Bertz CT molecular complexity index is 717. The zero-order valence-electron chi connectivity index (χ0n) is 12.4. The van der Waals surface area contributed by atoms with Crippen LogP contribution in [0.4, 0.5) is 11.4 Å². The van der Waals surface area contributed by atoms with Gasteiger partial charge in [0.25, 0.3) is 0 Å². The SMILES string of the molecule is COc1ccc(Cl)cc1NC(=O)CNc1ccc(C(N)=O)cc1. The molecule has 2 aromatic carbocycles. The van der Waals surface area contributed by atoms with Crippen LogP contribution in [0.25, 0.3) is 0 Å².